The predicted molar refractivity (Wildman–Crippen MR) is 74.6 cm³/mol. The van der Waals surface area contributed by atoms with Gasteiger partial charge in [-0.15, -0.1) is 0 Å². The second-order valence-corrected chi connectivity index (χ2v) is 4.02. The zero-order valence-corrected chi connectivity index (χ0v) is 10.5. The van der Waals surface area contributed by atoms with Gasteiger partial charge in [-0.3, -0.25) is 0 Å². The van der Waals surface area contributed by atoms with E-state index in [1.165, 1.54) is 12.1 Å². The highest BCUT2D eigenvalue weighted by molar-refractivity contribution is 6.30. The first-order valence-corrected chi connectivity index (χ1v) is 5.69. The van der Waals surface area contributed by atoms with E-state index in [1.807, 2.05) is 0 Å². The molecule has 0 fully saturated rings. The smallest absolute Gasteiger partial charge is 0.338 e. The summed E-state index contributed by atoms with van der Waals surface area (Å²) in [6, 6.07) is 9.74. The molecule has 0 aliphatic rings. The molecule has 0 saturated heterocycles. The van der Waals surface area contributed by atoms with E-state index in [9.17, 15) is 4.79 Å². The highest BCUT2D eigenvalue weighted by Gasteiger charge is 1.95. The van der Waals surface area contributed by atoms with Crippen molar-refractivity contribution in [3.8, 4) is 23.7 Å². The Kier molecular flexibility index (Phi) is 3.93. The molecule has 0 bridgehead atoms. The van der Waals surface area contributed by atoms with Crippen molar-refractivity contribution >= 4 is 17.3 Å². The topological polar surface area (TPSA) is 56.2 Å². The fraction of sp³-hybridized carbons (Fsp3) is 0. The Bertz CT molecular complexity index is 768. The van der Waals surface area contributed by atoms with Gasteiger partial charge in [-0.1, -0.05) is 17.5 Å². The molecule has 92 valence electrons. The lowest BCUT2D eigenvalue weighted by Gasteiger charge is -1.90. The Morgan fingerprint density at radius 1 is 1.05 bits per heavy atom. The number of nitrogens with two attached hydrogens (primary N) is 1. The molecule has 1 aromatic carbocycles. The molecule has 0 saturated carbocycles. The van der Waals surface area contributed by atoms with Crippen LogP contribution in [0.25, 0.3) is 0 Å². The minimum atomic E-state index is -0.539. The Morgan fingerprint density at radius 3 is 2.42 bits per heavy atom. The lowest BCUT2D eigenvalue weighted by atomic mass is 10.2. The number of hydrogen-bond donors (Lipinski definition) is 1. The van der Waals surface area contributed by atoms with E-state index >= 15 is 0 Å². The molecular formula is C15H8ClNO2. The van der Waals surface area contributed by atoms with Gasteiger partial charge in [-0.05, 0) is 42.0 Å². The quantitative estimate of drug-likeness (QED) is 0.590. The van der Waals surface area contributed by atoms with E-state index in [2.05, 4.69) is 23.7 Å². The maximum absolute atomic E-state index is 11.0. The van der Waals surface area contributed by atoms with E-state index in [1.54, 1.807) is 24.3 Å². The molecule has 0 aliphatic carbocycles. The molecule has 0 atom stereocenters. The van der Waals surface area contributed by atoms with Gasteiger partial charge < -0.3 is 10.2 Å². The minimum absolute atomic E-state index is 0.184. The molecule has 0 spiro atoms. The third-order valence-corrected chi connectivity index (χ3v) is 2.32. The van der Waals surface area contributed by atoms with E-state index in [-0.39, 0.29) is 10.8 Å². The van der Waals surface area contributed by atoms with Crippen LogP contribution >= 0.6 is 11.6 Å². The van der Waals surface area contributed by atoms with Crippen LogP contribution in [0.1, 0.15) is 11.3 Å². The van der Waals surface area contributed by atoms with Crippen molar-refractivity contribution in [2.75, 3.05) is 5.73 Å². The second kappa shape index (κ2) is 5.82. The molecule has 2 aromatic rings. The number of hydrogen-bond acceptors (Lipinski definition) is 3. The van der Waals surface area contributed by atoms with Gasteiger partial charge >= 0.3 is 5.63 Å². The van der Waals surface area contributed by atoms with Crippen LogP contribution in [0.5, 0.6) is 0 Å². The molecule has 1 heterocycles. The van der Waals surface area contributed by atoms with Crippen LogP contribution in [-0.4, -0.2) is 0 Å². The molecular weight excluding hydrogens is 262 g/mol. The molecule has 0 amide bonds. The molecule has 19 heavy (non-hydrogen) atoms. The zero-order chi connectivity index (χ0) is 13.7. The lowest BCUT2D eigenvalue weighted by Crippen LogP contribution is -1.96. The summed E-state index contributed by atoms with van der Waals surface area (Å²) in [6.07, 6.45) is 0. The van der Waals surface area contributed by atoms with E-state index in [0.717, 1.165) is 5.56 Å². The standard InChI is InChI=1S/C15H8ClNO2/c16-12-9-14(19-15(18)10-12)4-2-1-3-11-5-7-13(17)8-6-11/h5-10H,17H2. The van der Waals surface area contributed by atoms with Crippen LogP contribution in [0.4, 0.5) is 5.69 Å². The van der Waals surface area contributed by atoms with Crippen LogP contribution in [0.2, 0.25) is 5.02 Å². The van der Waals surface area contributed by atoms with E-state index < -0.39 is 5.63 Å². The van der Waals surface area contributed by atoms with E-state index in [0.29, 0.717) is 5.69 Å². The summed E-state index contributed by atoms with van der Waals surface area (Å²) in [7, 11) is 0. The molecule has 2 rings (SSSR count). The molecule has 0 unspecified atom stereocenters. The first-order chi connectivity index (χ1) is 9.13. The van der Waals surface area contributed by atoms with Crippen LogP contribution in [0.15, 0.2) is 45.6 Å². The Hall–Kier alpha value is -2.62. The molecule has 4 heteroatoms. The summed E-state index contributed by atoms with van der Waals surface area (Å²) in [5.41, 5.74) is 6.50. The van der Waals surface area contributed by atoms with Crippen LogP contribution in [0.3, 0.4) is 0 Å². The fourth-order valence-electron chi connectivity index (χ4n) is 1.27. The largest absolute Gasteiger partial charge is 0.414 e. The van der Waals surface area contributed by atoms with Crippen molar-refractivity contribution in [3.63, 3.8) is 0 Å². The van der Waals surface area contributed by atoms with Crippen LogP contribution in [-0.2, 0) is 0 Å². The highest BCUT2D eigenvalue weighted by atomic mass is 35.5. The Balaban J connectivity index is 2.17. The van der Waals surface area contributed by atoms with Crippen molar-refractivity contribution in [3.05, 3.63) is 63.2 Å². The number of rotatable bonds is 0. The van der Waals surface area contributed by atoms with Gasteiger partial charge in [0.05, 0.1) is 5.02 Å². The molecule has 1 aromatic heterocycles. The van der Waals surface area contributed by atoms with Crippen molar-refractivity contribution in [1.82, 2.24) is 0 Å². The molecule has 0 aliphatic heterocycles. The average Bonchev–Trinajstić information content (AvgIpc) is 2.36. The summed E-state index contributed by atoms with van der Waals surface area (Å²) in [6.45, 7) is 0. The first kappa shape index (κ1) is 12.8. The van der Waals surface area contributed by atoms with Gasteiger partial charge in [-0.2, -0.15) is 0 Å². The van der Waals surface area contributed by atoms with Crippen molar-refractivity contribution in [2.45, 2.75) is 0 Å². The SMILES string of the molecule is Nc1ccc(C#CC#Cc2cc(Cl)cc(=O)o2)cc1. The van der Waals surface area contributed by atoms with Gasteiger partial charge in [0.15, 0.2) is 5.76 Å². The number of benzene rings is 1. The average molecular weight is 270 g/mol. The monoisotopic (exact) mass is 269 g/mol. The molecule has 3 nitrogen and oxygen atoms in total. The molecule has 0 radical (unpaired) electrons. The number of nitrogen functional groups attached to an aromatic ring is 1. The fourth-order valence-corrected chi connectivity index (χ4v) is 1.46. The summed E-state index contributed by atoms with van der Waals surface area (Å²) < 4.78 is 4.83. The summed E-state index contributed by atoms with van der Waals surface area (Å²) in [5, 5.41) is 0.284. The minimum Gasteiger partial charge on any atom is -0.414 e. The third-order valence-electron chi connectivity index (χ3n) is 2.10. The van der Waals surface area contributed by atoms with Crippen LogP contribution < -0.4 is 11.4 Å². The van der Waals surface area contributed by atoms with E-state index in [4.69, 9.17) is 21.8 Å². The number of halogens is 1. The maximum Gasteiger partial charge on any atom is 0.338 e. The normalized spacial score (nSPS) is 8.89. The Labute approximate surface area is 115 Å². The lowest BCUT2D eigenvalue weighted by molar-refractivity contribution is 0.499. The first-order valence-electron chi connectivity index (χ1n) is 5.32. The molecule has 2 N–H and O–H groups in total. The predicted octanol–water partition coefficient (Wildman–Crippen LogP) is 2.28. The second-order valence-electron chi connectivity index (χ2n) is 3.58. The summed E-state index contributed by atoms with van der Waals surface area (Å²) in [4.78, 5) is 11.0. The van der Waals surface area contributed by atoms with Crippen LogP contribution in [0, 0.1) is 23.7 Å². The highest BCUT2D eigenvalue weighted by Crippen LogP contribution is 2.06. The van der Waals surface area contributed by atoms with Crippen molar-refractivity contribution < 1.29 is 4.42 Å². The van der Waals surface area contributed by atoms with Crippen molar-refractivity contribution in [2.24, 2.45) is 0 Å². The maximum atomic E-state index is 11.0. The number of anilines is 1. The summed E-state index contributed by atoms with van der Waals surface area (Å²) >= 11 is 5.70. The Morgan fingerprint density at radius 2 is 1.74 bits per heavy atom. The zero-order valence-electron chi connectivity index (χ0n) is 9.74. The van der Waals surface area contributed by atoms with Crippen molar-refractivity contribution in [1.29, 1.82) is 0 Å². The van der Waals surface area contributed by atoms with Gasteiger partial charge in [0.1, 0.15) is 0 Å². The third kappa shape index (κ3) is 3.96. The van der Waals surface area contributed by atoms with Gasteiger partial charge in [0.2, 0.25) is 0 Å². The van der Waals surface area contributed by atoms with Gasteiger partial charge in [0.25, 0.3) is 0 Å². The van der Waals surface area contributed by atoms with Gasteiger partial charge in [-0.25, -0.2) is 4.79 Å². The summed E-state index contributed by atoms with van der Waals surface area (Å²) in [5.74, 6) is 10.9. The van der Waals surface area contributed by atoms with Gasteiger partial charge in [0, 0.05) is 23.4 Å².